The van der Waals surface area contributed by atoms with E-state index in [2.05, 4.69) is 0 Å². The van der Waals surface area contributed by atoms with Crippen LogP contribution in [0.4, 0.5) is 8.78 Å². The molecule has 1 heterocycles. The first-order valence-corrected chi connectivity index (χ1v) is 10.9. The van der Waals surface area contributed by atoms with Gasteiger partial charge < -0.3 is 15.4 Å². The van der Waals surface area contributed by atoms with Crippen LogP contribution in [0.25, 0.3) is 5.57 Å². The van der Waals surface area contributed by atoms with Crippen LogP contribution in [-0.2, 0) is 16.1 Å². The number of benzene rings is 3. The second-order valence-electron chi connectivity index (χ2n) is 8.07. The van der Waals surface area contributed by atoms with Crippen molar-refractivity contribution in [1.82, 2.24) is 4.90 Å². The quantitative estimate of drug-likeness (QED) is 0.501. The van der Waals surface area contributed by atoms with Crippen LogP contribution >= 0.6 is 0 Å². The van der Waals surface area contributed by atoms with Crippen molar-refractivity contribution in [3.63, 3.8) is 0 Å². The maximum Gasteiger partial charge on any atom is 0.240 e. The zero-order valence-electron chi connectivity index (χ0n) is 18.2. The molecule has 0 fully saturated rings. The topological polar surface area (TPSA) is 55.6 Å². The molecule has 1 aliphatic rings. The second-order valence-corrected chi connectivity index (χ2v) is 8.07. The molecule has 0 radical (unpaired) electrons. The fourth-order valence-corrected chi connectivity index (χ4v) is 3.99. The Balaban J connectivity index is 1.46. The molecule has 0 aliphatic carbocycles. The number of ether oxygens (including phenoxy) is 1. The lowest BCUT2D eigenvalue weighted by Crippen LogP contribution is -2.44. The van der Waals surface area contributed by atoms with Gasteiger partial charge in [-0.05, 0) is 41.3 Å². The minimum Gasteiger partial charge on any atom is -0.377 e. The minimum atomic E-state index is -0.767. The summed E-state index contributed by atoms with van der Waals surface area (Å²) in [6.45, 7) is 0.935. The van der Waals surface area contributed by atoms with Crippen molar-refractivity contribution in [1.29, 1.82) is 0 Å². The molecule has 4 rings (SSSR count). The van der Waals surface area contributed by atoms with Gasteiger partial charge in [0.2, 0.25) is 5.91 Å². The van der Waals surface area contributed by atoms with Crippen LogP contribution < -0.4 is 5.73 Å². The highest BCUT2D eigenvalue weighted by atomic mass is 19.1. The van der Waals surface area contributed by atoms with E-state index < -0.39 is 23.7 Å². The van der Waals surface area contributed by atoms with Crippen LogP contribution in [0.2, 0.25) is 0 Å². The van der Waals surface area contributed by atoms with E-state index in [4.69, 9.17) is 10.5 Å². The molecule has 0 aromatic heterocycles. The standard InChI is InChI=1S/C27H26F2N2O2/c28-22-11-12-24(29)23(16-22)21-15-26(20-9-5-2-6-10-20)31(17-21)27(32)25(30)13-14-33-18-19-7-3-1-4-8-19/h1-12,15-16,25-26H,13-14,17-18,30H2/t25-,26?/m0/s1. The minimum absolute atomic E-state index is 0.150. The number of amides is 1. The molecule has 0 bridgehead atoms. The van der Waals surface area contributed by atoms with Crippen LogP contribution in [0.15, 0.2) is 84.9 Å². The number of rotatable bonds is 8. The van der Waals surface area contributed by atoms with Crippen LogP contribution in [0.5, 0.6) is 0 Å². The Kier molecular flexibility index (Phi) is 7.27. The third kappa shape index (κ3) is 5.53. The molecule has 4 nitrogen and oxygen atoms in total. The van der Waals surface area contributed by atoms with Crippen molar-refractivity contribution >= 4 is 11.5 Å². The van der Waals surface area contributed by atoms with Crippen LogP contribution in [0.1, 0.15) is 29.2 Å². The summed E-state index contributed by atoms with van der Waals surface area (Å²) in [5, 5.41) is 0. The number of halogens is 2. The van der Waals surface area contributed by atoms with Crippen molar-refractivity contribution in [2.45, 2.75) is 25.1 Å². The van der Waals surface area contributed by atoms with Gasteiger partial charge in [0.05, 0.1) is 18.7 Å². The second kappa shape index (κ2) is 10.5. The number of nitrogens with zero attached hydrogens (tertiary/aromatic N) is 1. The highest BCUT2D eigenvalue weighted by molar-refractivity contribution is 5.86. The fraction of sp³-hybridized carbons (Fsp3) is 0.222. The summed E-state index contributed by atoms with van der Waals surface area (Å²) in [5.74, 6) is -1.31. The third-order valence-corrected chi connectivity index (χ3v) is 5.74. The predicted molar refractivity (Wildman–Crippen MR) is 124 cm³/mol. The molecule has 33 heavy (non-hydrogen) atoms. The van der Waals surface area contributed by atoms with E-state index in [1.165, 1.54) is 0 Å². The van der Waals surface area contributed by atoms with E-state index in [9.17, 15) is 13.6 Å². The van der Waals surface area contributed by atoms with Gasteiger partial charge in [0, 0.05) is 18.7 Å². The van der Waals surface area contributed by atoms with Crippen LogP contribution in [0, 0.1) is 11.6 Å². The van der Waals surface area contributed by atoms with Gasteiger partial charge in [0.1, 0.15) is 11.6 Å². The Labute approximate surface area is 192 Å². The van der Waals surface area contributed by atoms with Gasteiger partial charge in [-0.3, -0.25) is 4.79 Å². The lowest BCUT2D eigenvalue weighted by Gasteiger charge is -2.28. The average molecular weight is 449 g/mol. The SMILES string of the molecule is N[C@@H](CCOCc1ccccc1)C(=O)N1CC(c2cc(F)ccc2F)=CC1c1ccccc1. The zero-order valence-corrected chi connectivity index (χ0v) is 18.2. The molecular formula is C27H26F2N2O2. The van der Waals surface area contributed by atoms with Gasteiger partial charge in [-0.1, -0.05) is 66.7 Å². The molecule has 6 heteroatoms. The molecule has 2 N–H and O–H groups in total. The van der Waals surface area contributed by atoms with Gasteiger partial charge in [-0.15, -0.1) is 0 Å². The summed E-state index contributed by atoms with van der Waals surface area (Å²) in [7, 11) is 0. The van der Waals surface area contributed by atoms with Crippen LogP contribution in [0.3, 0.4) is 0 Å². The van der Waals surface area contributed by atoms with Crippen molar-refractivity contribution < 1.29 is 18.3 Å². The molecule has 1 unspecified atom stereocenters. The fourth-order valence-electron chi connectivity index (χ4n) is 3.99. The molecule has 1 amide bonds. The van der Waals surface area contributed by atoms with E-state index >= 15 is 0 Å². The molecule has 170 valence electrons. The van der Waals surface area contributed by atoms with E-state index in [1.54, 1.807) is 4.90 Å². The van der Waals surface area contributed by atoms with E-state index in [0.717, 1.165) is 29.3 Å². The van der Waals surface area contributed by atoms with Crippen molar-refractivity contribution in [3.8, 4) is 0 Å². The molecule has 2 atom stereocenters. The first-order chi connectivity index (χ1) is 16.0. The Morgan fingerprint density at radius 2 is 1.73 bits per heavy atom. The largest absolute Gasteiger partial charge is 0.377 e. The summed E-state index contributed by atoms with van der Waals surface area (Å²) >= 11 is 0. The van der Waals surface area contributed by atoms with Gasteiger partial charge in [-0.25, -0.2) is 8.78 Å². The van der Waals surface area contributed by atoms with Gasteiger partial charge in [0.25, 0.3) is 0 Å². The van der Waals surface area contributed by atoms with Gasteiger partial charge in [0.15, 0.2) is 0 Å². The number of hydrogen-bond donors (Lipinski definition) is 1. The third-order valence-electron chi connectivity index (χ3n) is 5.74. The summed E-state index contributed by atoms with van der Waals surface area (Å²) in [6.07, 6.45) is 2.16. The summed E-state index contributed by atoms with van der Waals surface area (Å²) in [5.41, 5.74) is 8.87. The molecule has 0 spiro atoms. The highest BCUT2D eigenvalue weighted by Gasteiger charge is 2.34. The number of carbonyl (C=O) groups excluding carboxylic acids is 1. The molecular weight excluding hydrogens is 422 g/mol. The summed E-state index contributed by atoms with van der Waals surface area (Å²) < 4.78 is 33.9. The summed E-state index contributed by atoms with van der Waals surface area (Å²) in [4.78, 5) is 14.9. The maximum absolute atomic E-state index is 14.4. The zero-order chi connectivity index (χ0) is 23.2. The molecule has 0 saturated heterocycles. The molecule has 0 saturated carbocycles. The van der Waals surface area contributed by atoms with Crippen LogP contribution in [-0.4, -0.2) is 30.0 Å². The van der Waals surface area contributed by atoms with E-state index in [0.29, 0.717) is 25.2 Å². The average Bonchev–Trinajstić information content (AvgIpc) is 3.29. The van der Waals surface area contributed by atoms with E-state index in [-0.39, 0.29) is 18.0 Å². The normalized spacial score (nSPS) is 16.5. The lowest BCUT2D eigenvalue weighted by molar-refractivity contribution is -0.133. The molecule has 3 aromatic carbocycles. The molecule has 3 aromatic rings. The van der Waals surface area contributed by atoms with E-state index in [1.807, 2.05) is 66.7 Å². The van der Waals surface area contributed by atoms with Gasteiger partial charge in [-0.2, -0.15) is 0 Å². The first-order valence-electron chi connectivity index (χ1n) is 10.9. The Morgan fingerprint density at radius 1 is 1.03 bits per heavy atom. The Morgan fingerprint density at radius 3 is 2.45 bits per heavy atom. The predicted octanol–water partition coefficient (Wildman–Crippen LogP) is 4.87. The smallest absolute Gasteiger partial charge is 0.240 e. The molecule has 1 aliphatic heterocycles. The van der Waals surface area contributed by atoms with Crippen molar-refractivity contribution in [2.75, 3.05) is 13.2 Å². The van der Waals surface area contributed by atoms with Crippen molar-refractivity contribution in [3.05, 3.63) is 113 Å². The Bertz CT molecular complexity index is 1120. The Hall–Kier alpha value is -3.35. The summed E-state index contributed by atoms with van der Waals surface area (Å²) in [6, 6.07) is 21.4. The maximum atomic E-state index is 14.4. The lowest BCUT2D eigenvalue weighted by atomic mass is 10.0. The van der Waals surface area contributed by atoms with Gasteiger partial charge >= 0.3 is 0 Å². The number of hydrogen-bond acceptors (Lipinski definition) is 3. The number of carbonyl (C=O) groups is 1. The first kappa shape index (κ1) is 22.8. The van der Waals surface area contributed by atoms with Crippen molar-refractivity contribution in [2.24, 2.45) is 5.73 Å². The monoisotopic (exact) mass is 448 g/mol. The highest BCUT2D eigenvalue weighted by Crippen LogP contribution is 2.36. The number of nitrogens with two attached hydrogens (primary N) is 1.